The summed E-state index contributed by atoms with van der Waals surface area (Å²) in [4.78, 5) is 33.2. The lowest BCUT2D eigenvalue weighted by Crippen LogP contribution is -2.47. The molecule has 1 fully saturated rings. The summed E-state index contributed by atoms with van der Waals surface area (Å²) in [5, 5.41) is 3.09. The van der Waals surface area contributed by atoms with Crippen LogP contribution in [0, 0.1) is 5.82 Å². The van der Waals surface area contributed by atoms with Crippen molar-refractivity contribution in [3.05, 3.63) is 89.5 Å². The minimum Gasteiger partial charge on any atom is -0.454 e. The summed E-state index contributed by atoms with van der Waals surface area (Å²) in [6.07, 6.45) is 6.45. The first-order valence-electron chi connectivity index (χ1n) is 12.3. The third-order valence-electron chi connectivity index (χ3n) is 6.65. The molecule has 1 aliphatic heterocycles. The van der Waals surface area contributed by atoms with E-state index in [-0.39, 0.29) is 30.6 Å². The molecule has 1 atom stereocenters. The number of carbonyl (C=O) groups is 2. The lowest BCUT2D eigenvalue weighted by Gasteiger charge is -2.33. The van der Waals surface area contributed by atoms with Crippen LogP contribution in [0.25, 0.3) is 0 Å². The molecule has 0 bridgehead atoms. The van der Waals surface area contributed by atoms with Gasteiger partial charge >= 0.3 is 0 Å². The number of nitrogens with one attached hydrogen (secondary N) is 1. The number of nitrogens with zero attached hydrogens (tertiary/aromatic N) is 2. The van der Waals surface area contributed by atoms with Crippen molar-refractivity contribution in [3.8, 4) is 11.5 Å². The van der Waals surface area contributed by atoms with Gasteiger partial charge < -0.3 is 19.7 Å². The number of rotatable bonds is 7. The van der Waals surface area contributed by atoms with Gasteiger partial charge in [-0.05, 0) is 48.7 Å². The maximum absolute atomic E-state index is 15.2. The van der Waals surface area contributed by atoms with Gasteiger partial charge in [0, 0.05) is 24.3 Å². The van der Waals surface area contributed by atoms with Gasteiger partial charge in [0.25, 0.3) is 5.91 Å². The van der Waals surface area contributed by atoms with Crippen molar-refractivity contribution in [2.75, 3.05) is 6.79 Å². The number of fused-ring (bicyclic) bond motifs is 1. The molecule has 7 nitrogen and oxygen atoms in total. The third-order valence-corrected chi connectivity index (χ3v) is 6.65. The normalized spacial score (nSPS) is 15.8. The number of carbonyl (C=O) groups excluding carboxylic acids is 2. The first-order chi connectivity index (χ1) is 17.6. The van der Waals surface area contributed by atoms with Crippen molar-refractivity contribution in [3.63, 3.8) is 0 Å². The van der Waals surface area contributed by atoms with Crippen LogP contribution in [0.5, 0.6) is 11.5 Å². The van der Waals surface area contributed by atoms with E-state index < -0.39 is 23.7 Å². The molecule has 2 aromatic carbocycles. The summed E-state index contributed by atoms with van der Waals surface area (Å²) in [5.74, 6) is -0.253. The molecule has 0 unspecified atom stereocenters. The highest BCUT2D eigenvalue weighted by Gasteiger charge is 2.35. The van der Waals surface area contributed by atoms with Gasteiger partial charge in [-0.1, -0.05) is 49.6 Å². The zero-order valence-electron chi connectivity index (χ0n) is 19.9. The Morgan fingerprint density at radius 2 is 1.78 bits per heavy atom. The lowest BCUT2D eigenvalue weighted by atomic mass is 9.94. The Balaban J connectivity index is 1.55. The van der Waals surface area contributed by atoms with Gasteiger partial charge in [-0.3, -0.25) is 14.6 Å². The Hall–Kier alpha value is -3.94. The lowest BCUT2D eigenvalue weighted by molar-refractivity contribution is -0.127. The van der Waals surface area contributed by atoms with Crippen molar-refractivity contribution in [2.45, 2.75) is 50.7 Å². The van der Waals surface area contributed by atoms with Crippen LogP contribution in [0.2, 0.25) is 0 Å². The maximum atomic E-state index is 15.2. The summed E-state index contributed by atoms with van der Waals surface area (Å²) in [7, 11) is 0. The molecular weight excluding hydrogens is 461 g/mol. The first-order valence-corrected chi connectivity index (χ1v) is 12.3. The van der Waals surface area contributed by atoms with Crippen molar-refractivity contribution in [2.24, 2.45) is 0 Å². The van der Waals surface area contributed by atoms with Crippen LogP contribution < -0.4 is 14.8 Å². The van der Waals surface area contributed by atoms with Crippen LogP contribution in [-0.2, 0) is 11.3 Å². The fourth-order valence-corrected chi connectivity index (χ4v) is 4.83. The van der Waals surface area contributed by atoms with E-state index in [2.05, 4.69) is 10.3 Å². The maximum Gasteiger partial charge on any atom is 0.273 e. The van der Waals surface area contributed by atoms with Crippen LogP contribution >= 0.6 is 0 Å². The number of halogens is 1. The highest BCUT2D eigenvalue weighted by atomic mass is 19.1. The van der Waals surface area contributed by atoms with Gasteiger partial charge in [-0.2, -0.15) is 0 Å². The number of hydrogen-bond acceptors (Lipinski definition) is 5. The molecule has 36 heavy (non-hydrogen) atoms. The van der Waals surface area contributed by atoms with E-state index in [1.807, 2.05) is 6.07 Å². The largest absolute Gasteiger partial charge is 0.454 e. The van der Waals surface area contributed by atoms with E-state index in [9.17, 15) is 9.59 Å². The molecule has 1 aliphatic carbocycles. The van der Waals surface area contributed by atoms with E-state index in [1.54, 1.807) is 48.5 Å². The number of amides is 2. The van der Waals surface area contributed by atoms with Crippen LogP contribution in [0.4, 0.5) is 4.39 Å². The zero-order chi connectivity index (χ0) is 24.9. The molecular formula is C28H28FN3O4. The molecule has 1 saturated carbocycles. The summed E-state index contributed by atoms with van der Waals surface area (Å²) < 4.78 is 26.1. The Morgan fingerprint density at radius 1 is 1.00 bits per heavy atom. The summed E-state index contributed by atoms with van der Waals surface area (Å²) >= 11 is 0. The second kappa shape index (κ2) is 10.8. The number of hydrogen-bond donors (Lipinski definition) is 1. The standard InChI is InChI=1S/C28H28FN3O4/c29-22-11-5-4-10-21(22)26(27(33)31-20-8-2-1-3-9-20)32(28(34)23-12-6-7-15-30-23)17-19-13-14-24-25(16-19)36-18-35-24/h4-7,10-16,20,26H,1-3,8-9,17-18H2,(H,31,33)/t26-/m1/s1. The Kier molecular flexibility index (Phi) is 7.11. The number of pyridine rings is 1. The molecule has 5 rings (SSSR count). The fourth-order valence-electron chi connectivity index (χ4n) is 4.83. The Labute approximate surface area is 209 Å². The SMILES string of the molecule is O=C(NC1CCCCC1)[C@@H](c1ccccc1F)N(Cc1ccc2c(c1)OCO2)C(=O)c1ccccn1. The summed E-state index contributed by atoms with van der Waals surface area (Å²) in [6, 6.07) is 15.3. The predicted octanol–water partition coefficient (Wildman–Crippen LogP) is 4.78. The molecule has 0 saturated heterocycles. The van der Waals surface area contributed by atoms with Gasteiger partial charge in [-0.25, -0.2) is 4.39 Å². The number of aromatic nitrogens is 1. The predicted molar refractivity (Wildman–Crippen MR) is 131 cm³/mol. The van der Waals surface area contributed by atoms with Crippen molar-refractivity contribution < 1.29 is 23.5 Å². The average molecular weight is 490 g/mol. The first kappa shape index (κ1) is 23.8. The minimum atomic E-state index is -1.19. The highest BCUT2D eigenvalue weighted by Crippen LogP contribution is 2.34. The van der Waals surface area contributed by atoms with Gasteiger partial charge in [-0.15, -0.1) is 0 Å². The van der Waals surface area contributed by atoms with E-state index in [0.717, 1.165) is 37.7 Å². The second-order valence-electron chi connectivity index (χ2n) is 9.10. The van der Waals surface area contributed by atoms with Gasteiger partial charge in [0.2, 0.25) is 12.7 Å². The zero-order valence-corrected chi connectivity index (χ0v) is 19.9. The Bertz CT molecular complexity index is 1230. The van der Waals surface area contributed by atoms with Gasteiger partial charge in [0.05, 0.1) is 0 Å². The van der Waals surface area contributed by atoms with Crippen molar-refractivity contribution in [1.82, 2.24) is 15.2 Å². The molecule has 0 radical (unpaired) electrons. The molecule has 2 heterocycles. The number of ether oxygens (including phenoxy) is 2. The minimum absolute atomic E-state index is 0.00197. The fraction of sp³-hybridized carbons (Fsp3) is 0.321. The van der Waals surface area contributed by atoms with Gasteiger partial charge in [0.1, 0.15) is 17.6 Å². The van der Waals surface area contributed by atoms with Crippen LogP contribution in [0.15, 0.2) is 66.9 Å². The molecule has 1 aromatic heterocycles. The summed E-state index contributed by atoms with van der Waals surface area (Å²) in [5.41, 5.74) is 1.02. The monoisotopic (exact) mass is 489 g/mol. The second-order valence-corrected chi connectivity index (χ2v) is 9.10. The smallest absolute Gasteiger partial charge is 0.273 e. The molecule has 1 N–H and O–H groups in total. The molecule has 186 valence electrons. The molecule has 0 spiro atoms. The van der Waals surface area contributed by atoms with Gasteiger partial charge in [0.15, 0.2) is 11.5 Å². The van der Waals surface area contributed by atoms with E-state index in [1.165, 1.54) is 17.2 Å². The molecule has 2 aliphatic rings. The highest BCUT2D eigenvalue weighted by molar-refractivity contribution is 5.96. The molecule has 3 aromatic rings. The number of benzene rings is 2. The molecule has 8 heteroatoms. The van der Waals surface area contributed by atoms with Crippen molar-refractivity contribution >= 4 is 11.8 Å². The van der Waals surface area contributed by atoms with Crippen LogP contribution in [0.1, 0.15) is 59.8 Å². The average Bonchev–Trinajstić information content (AvgIpc) is 3.38. The topological polar surface area (TPSA) is 80.8 Å². The van der Waals surface area contributed by atoms with Crippen LogP contribution in [-0.4, -0.2) is 34.5 Å². The summed E-state index contributed by atoms with van der Waals surface area (Å²) in [6.45, 7) is 0.167. The Morgan fingerprint density at radius 3 is 2.56 bits per heavy atom. The third kappa shape index (κ3) is 5.17. The van der Waals surface area contributed by atoms with Crippen molar-refractivity contribution in [1.29, 1.82) is 0 Å². The van der Waals surface area contributed by atoms with Crippen LogP contribution in [0.3, 0.4) is 0 Å². The van der Waals surface area contributed by atoms with E-state index >= 15 is 4.39 Å². The molecule has 2 amide bonds. The van der Waals surface area contributed by atoms with E-state index in [0.29, 0.717) is 11.5 Å². The van der Waals surface area contributed by atoms with E-state index in [4.69, 9.17) is 9.47 Å². The quantitative estimate of drug-likeness (QED) is 0.517.